The first-order chi connectivity index (χ1) is 4.88. The molecule has 1 aromatic rings. The van der Waals surface area contributed by atoms with Crippen LogP contribution in [0.15, 0.2) is 11.4 Å². The highest BCUT2D eigenvalue weighted by Gasteiger charge is 2.17. The Labute approximate surface area is 63.5 Å². The van der Waals surface area contributed by atoms with E-state index in [2.05, 4.69) is 11.4 Å². The van der Waals surface area contributed by atoms with Crippen LogP contribution in [-0.2, 0) is 6.54 Å². The summed E-state index contributed by atoms with van der Waals surface area (Å²) >= 11 is 1.64. The maximum absolute atomic E-state index is 9.40. The highest BCUT2D eigenvalue weighted by molar-refractivity contribution is 7.10. The van der Waals surface area contributed by atoms with Crippen molar-refractivity contribution in [1.29, 1.82) is 0 Å². The zero-order valence-corrected chi connectivity index (χ0v) is 6.32. The van der Waals surface area contributed by atoms with Gasteiger partial charge in [0.15, 0.2) is 0 Å². The van der Waals surface area contributed by atoms with Crippen LogP contribution in [0.1, 0.15) is 16.5 Å². The van der Waals surface area contributed by atoms with Gasteiger partial charge in [0.2, 0.25) is 0 Å². The van der Waals surface area contributed by atoms with E-state index in [1.807, 2.05) is 5.38 Å². The van der Waals surface area contributed by atoms with Crippen LogP contribution in [0, 0.1) is 0 Å². The summed E-state index contributed by atoms with van der Waals surface area (Å²) in [4.78, 5) is 1.14. The lowest BCUT2D eigenvalue weighted by Crippen LogP contribution is -2.26. The molecule has 0 spiro atoms. The van der Waals surface area contributed by atoms with Crippen molar-refractivity contribution in [3.05, 3.63) is 21.9 Å². The van der Waals surface area contributed by atoms with Crippen molar-refractivity contribution in [3.8, 4) is 0 Å². The van der Waals surface area contributed by atoms with E-state index in [0.717, 1.165) is 11.4 Å². The Hall–Kier alpha value is -0.380. The van der Waals surface area contributed by atoms with Crippen molar-refractivity contribution in [2.24, 2.45) is 0 Å². The highest BCUT2D eigenvalue weighted by atomic mass is 32.1. The number of thiophene rings is 1. The summed E-state index contributed by atoms with van der Waals surface area (Å²) < 4.78 is 0. The molecule has 2 N–H and O–H groups in total. The molecule has 10 heavy (non-hydrogen) atoms. The van der Waals surface area contributed by atoms with Crippen molar-refractivity contribution in [2.75, 3.05) is 6.54 Å². The fraction of sp³-hybridized carbons (Fsp3) is 0.429. The summed E-state index contributed by atoms with van der Waals surface area (Å²) in [5.41, 5.74) is 1.25. The zero-order chi connectivity index (χ0) is 6.97. The minimum atomic E-state index is -0.274. The van der Waals surface area contributed by atoms with Crippen LogP contribution in [0.5, 0.6) is 0 Å². The van der Waals surface area contributed by atoms with Gasteiger partial charge in [-0.1, -0.05) is 0 Å². The molecule has 2 rings (SSSR count). The maximum atomic E-state index is 9.40. The third-order valence-electron chi connectivity index (χ3n) is 1.74. The van der Waals surface area contributed by atoms with Crippen molar-refractivity contribution in [1.82, 2.24) is 5.32 Å². The molecule has 2 nitrogen and oxygen atoms in total. The molecule has 0 radical (unpaired) electrons. The number of rotatable bonds is 0. The summed E-state index contributed by atoms with van der Waals surface area (Å²) in [5.74, 6) is 0. The predicted molar refractivity (Wildman–Crippen MR) is 41.0 cm³/mol. The summed E-state index contributed by atoms with van der Waals surface area (Å²) in [6.07, 6.45) is -0.274. The van der Waals surface area contributed by atoms with Crippen molar-refractivity contribution in [2.45, 2.75) is 12.6 Å². The summed E-state index contributed by atoms with van der Waals surface area (Å²) in [6.45, 7) is 1.61. The molecule has 0 fully saturated rings. The fourth-order valence-corrected chi connectivity index (χ4v) is 2.13. The van der Waals surface area contributed by atoms with E-state index in [1.165, 1.54) is 5.56 Å². The van der Waals surface area contributed by atoms with Crippen LogP contribution in [0.3, 0.4) is 0 Å². The number of hydrogen-bond donors (Lipinski definition) is 2. The van der Waals surface area contributed by atoms with E-state index >= 15 is 0 Å². The van der Waals surface area contributed by atoms with Crippen LogP contribution >= 0.6 is 11.3 Å². The molecular formula is C7H9NOS. The topological polar surface area (TPSA) is 32.3 Å². The van der Waals surface area contributed by atoms with Crippen LogP contribution < -0.4 is 5.32 Å². The second kappa shape index (κ2) is 2.34. The molecule has 2 heterocycles. The number of hydrogen-bond acceptors (Lipinski definition) is 3. The van der Waals surface area contributed by atoms with Gasteiger partial charge in [-0.3, -0.25) is 0 Å². The summed E-state index contributed by atoms with van der Waals surface area (Å²) in [7, 11) is 0. The Bertz CT molecular complexity index is 233. The largest absolute Gasteiger partial charge is 0.386 e. The average molecular weight is 155 g/mol. The molecule has 54 valence electrons. The van der Waals surface area contributed by atoms with Gasteiger partial charge in [-0.25, -0.2) is 0 Å². The fourth-order valence-electron chi connectivity index (χ4n) is 1.22. The lowest BCUT2D eigenvalue weighted by molar-refractivity contribution is 0.169. The van der Waals surface area contributed by atoms with Gasteiger partial charge < -0.3 is 10.4 Å². The van der Waals surface area contributed by atoms with Gasteiger partial charge >= 0.3 is 0 Å². The lowest BCUT2D eigenvalue weighted by Gasteiger charge is -2.17. The minimum absolute atomic E-state index is 0.274. The Morgan fingerprint density at radius 1 is 1.70 bits per heavy atom. The maximum Gasteiger partial charge on any atom is 0.101 e. The number of fused-ring (bicyclic) bond motifs is 1. The molecule has 0 saturated carbocycles. The van der Waals surface area contributed by atoms with Gasteiger partial charge in [-0.05, 0) is 17.0 Å². The van der Waals surface area contributed by atoms with Crippen LogP contribution in [0.2, 0.25) is 0 Å². The van der Waals surface area contributed by atoms with Gasteiger partial charge in [0.25, 0.3) is 0 Å². The zero-order valence-electron chi connectivity index (χ0n) is 5.50. The van der Waals surface area contributed by atoms with Gasteiger partial charge in [-0.2, -0.15) is 0 Å². The summed E-state index contributed by atoms with van der Waals surface area (Å²) in [6, 6.07) is 2.06. The van der Waals surface area contributed by atoms with E-state index in [1.54, 1.807) is 11.3 Å². The highest BCUT2D eigenvalue weighted by Crippen LogP contribution is 2.26. The van der Waals surface area contributed by atoms with E-state index in [9.17, 15) is 5.11 Å². The third-order valence-corrected chi connectivity index (χ3v) is 2.80. The monoisotopic (exact) mass is 155 g/mol. The molecule has 1 aliphatic heterocycles. The van der Waals surface area contributed by atoms with E-state index in [-0.39, 0.29) is 6.10 Å². The summed E-state index contributed by atoms with van der Waals surface area (Å²) in [5, 5.41) is 14.6. The molecule has 1 aliphatic rings. The Kier molecular flexibility index (Phi) is 1.48. The lowest BCUT2D eigenvalue weighted by atomic mass is 10.1. The molecule has 0 aliphatic carbocycles. The van der Waals surface area contributed by atoms with E-state index in [0.29, 0.717) is 6.54 Å². The van der Waals surface area contributed by atoms with Gasteiger partial charge in [0.05, 0.1) is 0 Å². The molecule has 0 bridgehead atoms. The molecule has 0 saturated heterocycles. The first-order valence-corrected chi connectivity index (χ1v) is 4.21. The molecular weight excluding hydrogens is 146 g/mol. The SMILES string of the molecule is O[C@H]1CNCc2ccsc21. The number of β-amino-alcohol motifs (C(OH)–C–C–N with tert-alkyl or cyclic N) is 1. The second-order valence-corrected chi connectivity index (χ2v) is 3.40. The second-order valence-electron chi connectivity index (χ2n) is 2.46. The standard InChI is InChI=1S/C7H9NOS/c9-6-4-8-3-5-1-2-10-7(5)6/h1-2,6,8-9H,3-4H2/t6-/m0/s1. The number of nitrogens with one attached hydrogen (secondary N) is 1. The van der Waals surface area contributed by atoms with Crippen LogP contribution in [0.4, 0.5) is 0 Å². The first-order valence-electron chi connectivity index (χ1n) is 3.33. The van der Waals surface area contributed by atoms with Crippen molar-refractivity contribution in [3.63, 3.8) is 0 Å². The Morgan fingerprint density at radius 2 is 2.60 bits per heavy atom. The number of aliphatic hydroxyl groups is 1. The minimum Gasteiger partial charge on any atom is -0.386 e. The quantitative estimate of drug-likeness (QED) is 0.583. The van der Waals surface area contributed by atoms with Gasteiger partial charge in [0, 0.05) is 18.0 Å². The van der Waals surface area contributed by atoms with E-state index in [4.69, 9.17) is 0 Å². The van der Waals surface area contributed by atoms with E-state index < -0.39 is 0 Å². The third kappa shape index (κ3) is 0.868. The first kappa shape index (κ1) is 6.34. The molecule has 1 aromatic heterocycles. The van der Waals surface area contributed by atoms with Crippen molar-refractivity contribution < 1.29 is 5.11 Å². The molecule has 0 amide bonds. The van der Waals surface area contributed by atoms with Crippen LogP contribution in [-0.4, -0.2) is 11.7 Å². The normalized spacial score (nSPS) is 24.3. The number of aliphatic hydroxyl groups excluding tert-OH is 1. The van der Waals surface area contributed by atoms with Crippen LogP contribution in [0.25, 0.3) is 0 Å². The Morgan fingerprint density at radius 3 is 3.40 bits per heavy atom. The molecule has 3 heteroatoms. The molecule has 1 atom stereocenters. The Balaban J connectivity index is 2.41. The van der Waals surface area contributed by atoms with Gasteiger partial charge in [0.1, 0.15) is 6.10 Å². The molecule has 0 aromatic carbocycles. The van der Waals surface area contributed by atoms with Gasteiger partial charge in [-0.15, -0.1) is 11.3 Å². The molecule has 0 unspecified atom stereocenters. The van der Waals surface area contributed by atoms with Crippen molar-refractivity contribution >= 4 is 11.3 Å². The average Bonchev–Trinajstić information content (AvgIpc) is 2.36. The smallest absolute Gasteiger partial charge is 0.101 e. The predicted octanol–water partition coefficient (Wildman–Crippen LogP) is 0.885.